The first-order valence-electron chi connectivity index (χ1n) is 9.39. The molecular weight excluding hydrogens is 392 g/mol. The molecule has 0 saturated carbocycles. The monoisotopic (exact) mass is 416 g/mol. The molecule has 0 bridgehead atoms. The Kier molecular flexibility index (Phi) is 6.04. The van der Waals surface area contributed by atoms with Crippen molar-refractivity contribution in [2.24, 2.45) is 0 Å². The molecule has 0 aliphatic carbocycles. The largest absolute Gasteiger partial charge is 0.496 e. The second kappa shape index (κ2) is 8.34. The van der Waals surface area contributed by atoms with Crippen LogP contribution in [0.2, 0.25) is 0 Å². The Morgan fingerprint density at radius 3 is 2.21 bits per heavy atom. The van der Waals surface area contributed by atoms with Crippen LogP contribution < -0.4 is 14.4 Å². The van der Waals surface area contributed by atoms with Gasteiger partial charge in [0.05, 0.1) is 17.7 Å². The predicted molar refractivity (Wildman–Crippen MR) is 109 cm³/mol. The fourth-order valence-corrected chi connectivity index (χ4v) is 4.71. The Balaban J connectivity index is 1.81. The standard InChI is InChI=1S/C21H24N2O5S/c1-4-18(15-5-10-19(28-3)14(2)13-15)22-29(26,27)17-8-6-16(7-9-17)23-20(24)11-12-21(23)25/h5-10,13,18,22H,4,11-12H2,1-3H3/t18-/m0/s1. The van der Waals surface area contributed by atoms with Crippen molar-refractivity contribution in [2.45, 2.75) is 44.0 Å². The van der Waals surface area contributed by atoms with E-state index in [2.05, 4.69) is 4.72 Å². The van der Waals surface area contributed by atoms with E-state index in [0.717, 1.165) is 21.8 Å². The number of benzene rings is 2. The molecule has 1 aliphatic rings. The van der Waals surface area contributed by atoms with Crippen LogP contribution in [0.5, 0.6) is 5.75 Å². The molecule has 8 heteroatoms. The number of amides is 2. The Hall–Kier alpha value is -2.71. The third-order valence-corrected chi connectivity index (χ3v) is 6.47. The van der Waals surface area contributed by atoms with Gasteiger partial charge in [0.2, 0.25) is 21.8 Å². The van der Waals surface area contributed by atoms with E-state index in [1.54, 1.807) is 7.11 Å². The summed E-state index contributed by atoms with van der Waals surface area (Å²) in [6, 6.07) is 10.9. The lowest BCUT2D eigenvalue weighted by Gasteiger charge is -2.19. The minimum Gasteiger partial charge on any atom is -0.496 e. The minimum atomic E-state index is -3.79. The molecule has 1 N–H and O–H groups in total. The number of nitrogens with one attached hydrogen (secondary N) is 1. The quantitative estimate of drug-likeness (QED) is 0.700. The smallest absolute Gasteiger partial charge is 0.241 e. The highest BCUT2D eigenvalue weighted by Crippen LogP contribution is 2.27. The Morgan fingerprint density at radius 1 is 1.07 bits per heavy atom. The number of methoxy groups -OCH3 is 1. The van der Waals surface area contributed by atoms with E-state index >= 15 is 0 Å². The SMILES string of the molecule is CC[C@H](NS(=O)(=O)c1ccc(N2C(=O)CCC2=O)cc1)c1ccc(OC)c(C)c1. The molecule has 0 spiro atoms. The lowest BCUT2D eigenvalue weighted by atomic mass is 10.0. The van der Waals surface area contributed by atoms with Gasteiger partial charge in [-0.25, -0.2) is 13.1 Å². The number of sulfonamides is 1. The zero-order valence-electron chi connectivity index (χ0n) is 16.6. The molecule has 154 valence electrons. The highest BCUT2D eigenvalue weighted by atomic mass is 32.2. The number of nitrogens with zero attached hydrogens (tertiary/aromatic N) is 1. The highest BCUT2D eigenvalue weighted by molar-refractivity contribution is 7.89. The maximum Gasteiger partial charge on any atom is 0.241 e. The molecular formula is C21H24N2O5S. The van der Waals surface area contributed by atoms with Gasteiger partial charge in [-0.3, -0.25) is 14.5 Å². The third-order valence-electron chi connectivity index (χ3n) is 4.98. The zero-order chi connectivity index (χ0) is 21.2. The van der Waals surface area contributed by atoms with Gasteiger partial charge in [0.1, 0.15) is 5.75 Å². The van der Waals surface area contributed by atoms with Gasteiger partial charge in [-0.1, -0.05) is 19.1 Å². The van der Waals surface area contributed by atoms with E-state index in [-0.39, 0.29) is 29.6 Å². The van der Waals surface area contributed by atoms with Crippen LogP contribution in [-0.4, -0.2) is 27.3 Å². The summed E-state index contributed by atoms with van der Waals surface area (Å²) in [5.74, 6) is 0.197. The fraction of sp³-hybridized carbons (Fsp3) is 0.333. The molecule has 1 fully saturated rings. The number of carbonyl (C=O) groups is 2. The van der Waals surface area contributed by atoms with Crippen LogP contribution in [-0.2, 0) is 19.6 Å². The average molecular weight is 416 g/mol. The maximum absolute atomic E-state index is 12.9. The van der Waals surface area contributed by atoms with Gasteiger partial charge >= 0.3 is 0 Å². The number of ether oxygens (including phenoxy) is 1. The molecule has 0 unspecified atom stereocenters. The molecule has 2 amide bonds. The molecule has 7 nitrogen and oxygen atoms in total. The first-order valence-corrected chi connectivity index (χ1v) is 10.9. The van der Waals surface area contributed by atoms with Gasteiger partial charge < -0.3 is 4.74 Å². The summed E-state index contributed by atoms with van der Waals surface area (Å²) < 4.78 is 33.7. The average Bonchev–Trinajstić information content (AvgIpc) is 3.04. The number of hydrogen-bond acceptors (Lipinski definition) is 5. The number of carbonyl (C=O) groups excluding carboxylic acids is 2. The summed E-state index contributed by atoms with van der Waals surface area (Å²) in [5.41, 5.74) is 2.15. The summed E-state index contributed by atoms with van der Waals surface area (Å²) in [6.45, 7) is 3.81. The molecule has 1 saturated heterocycles. The van der Waals surface area contributed by atoms with Crippen molar-refractivity contribution >= 4 is 27.5 Å². The van der Waals surface area contributed by atoms with Crippen LogP contribution in [0.15, 0.2) is 47.4 Å². The first-order chi connectivity index (χ1) is 13.8. The molecule has 1 atom stereocenters. The normalized spacial score (nSPS) is 15.6. The third kappa shape index (κ3) is 4.33. The van der Waals surface area contributed by atoms with Gasteiger partial charge in [0.15, 0.2) is 0 Å². The molecule has 0 radical (unpaired) electrons. The number of rotatable bonds is 7. The van der Waals surface area contributed by atoms with Crippen molar-refractivity contribution in [3.63, 3.8) is 0 Å². The van der Waals surface area contributed by atoms with Crippen molar-refractivity contribution in [3.8, 4) is 5.75 Å². The lowest BCUT2D eigenvalue weighted by Crippen LogP contribution is -2.29. The summed E-state index contributed by atoms with van der Waals surface area (Å²) >= 11 is 0. The summed E-state index contributed by atoms with van der Waals surface area (Å²) in [5, 5.41) is 0. The minimum absolute atomic E-state index is 0.0732. The Labute approximate surface area is 170 Å². The number of hydrogen-bond donors (Lipinski definition) is 1. The van der Waals surface area contributed by atoms with E-state index in [1.165, 1.54) is 24.3 Å². The van der Waals surface area contributed by atoms with Crippen LogP contribution in [0.4, 0.5) is 5.69 Å². The molecule has 3 rings (SSSR count). The predicted octanol–water partition coefficient (Wildman–Crippen LogP) is 3.09. The second-order valence-electron chi connectivity index (χ2n) is 6.93. The molecule has 29 heavy (non-hydrogen) atoms. The molecule has 2 aromatic carbocycles. The van der Waals surface area contributed by atoms with Crippen molar-refractivity contribution in [1.29, 1.82) is 0 Å². The number of aryl methyl sites for hydroxylation is 1. The van der Waals surface area contributed by atoms with Crippen LogP contribution in [0.1, 0.15) is 43.4 Å². The topological polar surface area (TPSA) is 92.8 Å². The molecule has 1 aliphatic heterocycles. The van der Waals surface area contributed by atoms with Crippen molar-refractivity contribution in [3.05, 3.63) is 53.6 Å². The fourth-order valence-electron chi connectivity index (χ4n) is 3.40. The summed E-state index contributed by atoms with van der Waals surface area (Å²) in [4.78, 5) is 24.9. The summed E-state index contributed by atoms with van der Waals surface area (Å²) in [7, 11) is -2.19. The van der Waals surface area contributed by atoms with Crippen molar-refractivity contribution in [2.75, 3.05) is 12.0 Å². The van der Waals surface area contributed by atoms with Gasteiger partial charge in [0, 0.05) is 18.9 Å². The van der Waals surface area contributed by atoms with Crippen molar-refractivity contribution in [1.82, 2.24) is 4.72 Å². The van der Waals surface area contributed by atoms with Crippen LogP contribution in [0.3, 0.4) is 0 Å². The van der Waals surface area contributed by atoms with Crippen LogP contribution in [0.25, 0.3) is 0 Å². The van der Waals surface area contributed by atoms with Gasteiger partial charge in [0.25, 0.3) is 0 Å². The second-order valence-corrected chi connectivity index (χ2v) is 8.64. The van der Waals surface area contributed by atoms with E-state index in [4.69, 9.17) is 4.74 Å². The van der Waals surface area contributed by atoms with Gasteiger partial charge in [-0.2, -0.15) is 0 Å². The molecule has 0 aromatic heterocycles. The van der Waals surface area contributed by atoms with Crippen molar-refractivity contribution < 1.29 is 22.7 Å². The number of anilines is 1. The highest BCUT2D eigenvalue weighted by Gasteiger charge is 2.30. The van der Waals surface area contributed by atoms with E-state index < -0.39 is 16.1 Å². The van der Waals surface area contributed by atoms with E-state index in [0.29, 0.717) is 12.1 Å². The van der Waals surface area contributed by atoms with Crippen LogP contribution in [0, 0.1) is 6.92 Å². The zero-order valence-corrected chi connectivity index (χ0v) is 17.5. The van der Waals surface area contributed by atoms with E-state index in [1.807, 2.05) is 32.0 Å². The van der Waals surface area contributed by atoms with Crippen LogP contribution >= 0.6 is 0 Å². The molecule has 1 heterocycles. The number of imide groups is 1. The summed E-state index contributed by atoms with van der Waals surface area (Å²) in [6.07, 6.45) is 0.930. The van der Waals surface area contributed by atoms with Gasteiger partial charge in [-0.15, -0.1) is 0 Å². The van der Waals surface area contributed by atoms with Gasteiger partial charge in [-0.05, 0) is 54.8 Å². The van der Waals surface area contributed by atoms with E-state index in [9.17, 15) is 18.0 Å². The molecule has 2 aromatic rings. The Morgan fingerprint density at radius 2 is 1.69 bits per heavy atom. The first kappa shape index (κ1) is 21.0. The Bertz CT molecular complexity index is 1020. The lowest BCUT2D eigenvalue weighted by molar-refractivity contribution is -0.121. The maximum atomic E-state index is 12.9.